The Hall–Kier alpha value is -2.68. The van der Waals surface area contributed by atoms with Gasteiger partial charge in [0.2, 0.25) is 5.91 Å². The molecule has 1 aliphatic heterocycles. The highest BCUT2D eigenvalue weighted by Crippen LogP contribution is 2.30. The van der Waals surface area contributed by atoms with Crippen molar-refractivity contribution in [3.05, 3.63) is 33.9 Å². The normalized spacial score (nSPS) is 14.2. The average Bonchev–Trinajstić information content (AvgIpc) is 2.64. The van der Waals surface area contributed by atoms with Gasteiger partial charge < -0.3 is 20.9 Å². The number of nitro benzene ring substituents is 1. The first-order chi connectivity index (χ1) is 12.4. The number of nitro groups is 1. The summed E-state index contributed by atoms with van der Waals surface area (Å²) in [6.07, 6.45) is 1.58. The zero-order valence-electron chi connectivity index (χ0n) is 14.9. The SMILES string of the molecule is CC(=O)N1CCN(c2ccc(C(=O)NCCCCN)cc2[N+](=O)[O-])CC1. The minimum Gasteiger partial charge on any atom is -0.362 e. The fourth-order valence-electron chi connectivity index (χ4n) is 2.91. The van der Waals surface area contributed by atoms with Crippen LogP contribution in [0.4, 0.5) is 11.4 Å². The van der Waals surface area contributed by atoms with Gasteiger partial charge in [-0.05, 0) is 31.5 Å². The molecule has 0 spiro atoms. The highest BCUT2D eigenvalue weighted by molar-refractivity contribution is 5.95. The molecule has 0 bridgehead atoms. The van der Waals surface area contributed by atoms with Gasteiger partial charge in [0.25, 0.3) is 11.6 Å². The second kappa shape index (κ2) is 9.14. The number of nitrogens with one attached hydrogen (secondary N) is 1. The van der Waals surface area contributed by atoms with Crippen LogP contribution in [-0.2, 0) is 4.79 Å². The Labute approximate surface area is 152 Å². The molecule has 3 N–H and O–H groups in total. The molecule has 26 heavy (non-hydrogen) atoms. The number of hydrogen-bond acceptors (Lipinski definition) is 6. The highest BCUT2D eigenvalue weighted by atomic mass is 16.6. The molecule has 0 unspecified atom stereocenters. The van der Waals surface area contributed by atoms with Gasteiger partial charge in [0, 0.05) is 51.3 Å². The summed E-state index contributed by atoms with van der Waals surface area (Å²) in [6, 6.07) is 4.51. The molecule has 1 aliphatic rings. The molecule has 0 saturated carbocycles. The molecule has 0 atom stereocenters. The van der Waals surface area contributed by atoms with Crippen LogP contribution in [0, 0.1) is 10.1 Å². The Bertz CT molecular complexity index is 671. The number of hydrogen-bond donors (Lipinski definition) is 2. The molecule has 1 aromatic rings. The van der Waals surface area contributed by atoms with Crippen LogP contribution in [0.25, 0.3) is 0 Å². The Morgan fingerprint density at radius 3 is 2.50 bits per heavy atom. The number of nitrogens with two attached hydrogens (primary N) is 1. The summed E-state index contributed by atoms with van der Waals surface area (Å²) in [5.74, 6) is -0.334. The van der Waals surface area contributed by atoms with Gasteiger partial charge in [-0.2, -0.15) is 0 Å². The van der Waals surface area contributed by atoms with Crippen molar-refractivity contribution in [2.75, 3.05) is 44.2 Å². The first kappa shape index (κ1) is 19.6. The smallest absolute Gasteiger partial charge is 0.293 e. The van der Waals surface area contributed by atoms with Gasteiger partial charge in [-0.15, -0.1) is 0 Å². The Morgan fingerprint density at radius 2 is 1.92 bits per heavy atom. The second-order valence-corrected chi connectivity index (χ2v) is 6.21. The molecule has 9 heteroatoms. The van der Waals surface area contributed by atoms with E-state index in [4.69, 9.17) is 5.73 Å². The maximum atomic E-state index is 12.2. The van der Waals surface area contributed by atoms with Gasteiger partial charge >= 0.3 is 0 Å². The molecule has 1 heterocycles. The van der Waals surface area contributed by atoms with E-state index in [0.717, 1.165) is 12.8 Å². The van der Waals surface area contributed by atoms with Crippen LogP contribution in [-0.4, -0.2) is 60.9 Å². The minimum atomic E-state index is -0.474. The number of anilines is 1. The lowest BCUT2D eigenvalue weighted by Gasteiger charge is -2.35. The molecule has 0 radical (unpaired) electrons. The number of piperazine rings is 1. The number of rotatable bonds is 7. The van der Waals surface area contributed by atoms with Crippen LogP contribution >= 0.6 is 0 Å². The van der Waals surface area contributed by atoms with Gasteiger partial charge in [-0.1, -0.05) is 0 Å². The maximum absolute atomic E-state index is 12.2. The summed E-state index contributed by atoms with van der Waals surface area (Å²) in [5.41, 5.74) is 6.04. The third-order valence-electron chi connectivity index (χ3n) is 4.42. The third kappa shape index (κ3) is 4.92. The van der Waals surface area contributed by atoms with Crippen LogP contribution in [0.1, 0.15) is 30.1 Å². The van der Waals surface area contributed by atoms with Crippen LogP contribution in [0.3, 0.4) is 0 Å². The second-order valence-electron chi connectivity index (χ2n) is 6.21. The quantitative estimate of drug-likeness (QED) is 0.418. The van der Waals surface area contributed by atoms with Crippen molar-refractivity contribution >= 4 is 23.2 Å². The van der Waals surface area contributed by atoms with Crippen molar-refractivity contribution in [1.29, 1.82) is 0 Å². The minimum absolute atomic E-state index is 0.000745. The number of carbonyl (C=O) groups excluding carboxylic acids is 2. The molecule has 1 saturated heterocycles. The van der Waals surface area contributed by atoms with E-state index in [-0.39, 0.29) is 23.1 Å². The number of nitrogens with zero attached hydrogens (tertiary/aromatic N) is 3. The molecule has 1 aromatic carbocycles. The third-order valence-corrected chi connectivity index (χ3v) is 4.42. The zero-order chi connectivity index (χ0) is 19.1. The lowest BCUT2D eigenvalue weighted by molar-refractivity contribution is -0.384. The lowest BCUT2D eigenvalue weighted by atomic mass is 10.1. The molecule has 0 aliphatic carbocycles. The number of amides is 2. The molecular weight excluding hydrogens is 338 g/mol. The number of unbranched alkanes of at least 4 members (excludes halogenated alkanes) is 1. The summed E-state index contributed by atoms with van der Waals surface area (Å²) in [6.45, 7) is 4.65. The van der Waals surface area contributed by atoms with E-state index in [1.165, 1.54) is 13.0 Å². The van der Waals surface area contributed by atoms with Crippen LogP contribution in [0.5, 0.6) is 0 Å². The van der Waals surface area contributed by atoms with Crippen LogP contribution in [0.15, 0.2) is 18.2 Å². The van der Waals surface area contributed by atoms with E-state index < -0.39 is 4.92 Å². The summed E-state index contributed by atoms with van der Waals surface area (Å²) in [7, 11) is 0. The van der Waals surface area contributed by atoms with E-state index in [1.54, 1.807) is 17.0 Å². The Morgan fingerprint density at radius 1 is 1.23 bits per heavy atom. The zero-order valence-corrected chi connectivity index (χ0v) is 14.9. The van der Waals surface area contributed by atoms with Crippen molar-refractivity contribution in [2.45, 2.75) is 19.8 Å². The van der Waals surface area contributed by atoms with Crippen molar-refractivity contribution in [3.8, 4) is 0 Å². The highest BCUT2D eigenvalue weighted by Gasteiger charge is 2.25. The molecular formula is C17H25N5O4. The van der Waals surface area contributed by atoms with Crippen molar-refractivity contribution in [2.24, 2.45) is 5.73 Å². The molecule has 142 valence electrons. The fourth-order valence-corrected chi connectivity index (χ4v) is 2.91. The Balaban J connectivity index is 2.10. The predicted molar refractivity (Wildman–Crippen MR) is 98.2 cm³/mol. The number of benzene rings is 1. The van der Waals surface area contributed by atoms with E-state index >= 15 is 0 Å². The van der Waals surface area contributed by atoms with E-state index in [1.807, 2.05) is 4.90 Å². The number of carbonyl (C=O) groups is 2. The standard InChI is InChI=1S/C17H25N5O4/c1-13(23)20-8-10-21(11-9-20)15-5-4-14(12-16(15)22(25)26)17(24)19-7-3-2-6-18/h4-5,12H,2-3,6-11,18H2,1H3,(H,19,24). The van der Waals surface area contributed by atoms with Crippen molar-refractivity contribution in [3.63, 3.8) is 0 Å². The van der Waals surface area contributed by atoms with E-state index in [0.29, 0.717) is 45.0 Å². The van der Waals surface area contributed by atoms with E-state index in [9.17, 15) is 19.7 Å². The predicted octanol–water partition coefficient (Wildman–Crippen LogP) is 0.732. The first-order valence-corrected chi connectivity index (χ1v) is 8.71. The lowest BCUT2D eigenvalue weighted by Crippen LogP contribution is -2.48. The Kier molecular flexibility index (Phi) is 6.90. The van der Waals surface area contributed by atoms with Gasteiger partial charge in [-0.3, -0.25) is 19.7 Å². The van der Waals surface area contributed by atoms with E-state index in [2.05, 4.69) is 5.32 Å². The average molecular weight is 363 g/mol. The van der Waals surface area contributed by atoms with Crippen LogP contribution in [0.2, 0.25) is 0 Å². The van der Waals surface area contributed by atoms with Gasteiger partial charge in [-0.25, -0.2) is 0 Å². The molecule has 1 fully saturated rings. The van der Waals surface area contributed by atoms with Crippen molar-refractivity contribution < 1.29 is 14.5 Å². The summed E-state index contributed by atoms with van der Waals surface area (Å²) in [5, 5.41) is 14.2. The largest absolute Gasteiger partial charge is 0.362 e. The summed E-state index contributed by atoms with van der Waals surface area (Å²) >= 11 is 0. The fraction of sp³-hybridized carbons (Fsp3) is 0.529. The topological polar surface area (TPSA) is 122 Å². The first-order valence-electron chi connectivity index (χ1n) is 8.71. The molecule has 0 aromatic heterocycles. The molecule has 2 rings (SSSR count). The van der Waals surface area contributed by atoms with Crippen molar-refractivity contribution in [1.82, 2.24) is 10.2 Å². The summed E-state index contributed by atoms with van der Waals surface area (Å²) < 4.78 is 0. The van der Waals surface area contributed by atoms with Crippen LogP contribution < -0.4 is 16.0 Å². The van der Waals surface area contributed by atoms with Gasteiger partial charge in [0.1, 0.15) is 5.69 Å². The van der Waals surface area contributed by atoms with Gasteiger partial charge in [0.15, 0.2) is 0 Å². The summed E-state index contributed by atoms with van der Waals surface area (Å²) in [4.78, 5) is 38.2. The molecule has 9 nitrogen and oxygen atoms in total. The molecule has 2 amide bonds. The monoisotopic (exact) mass is 363 g/mol. The van der Waals surface area contributed by atoms with Gasteiger partial charge in [0.05, 0.1) is 4.92 Å². The maximum Gasteiger partial charge on any atom is 0.293 e.